The second-order valence-electron chi connectivity index (χ2n) is 8.08. The van der Waals surface area contributed by atoms with Gasteiger partial charge >= 0.3 is 0 Å². The molecule has 0 bridgehead atoms. The number of nitrogens with one attached hydrogen (secondary N) is 2. The summed E-state index contributed by atoms with van der Waals surface area (Å²) >= 11 is 0. The lowest BCUT2D eigenvalue weighted by atomic mass is 9.69. The van der Waals surface area contributed by atoms with Crippen molar-refractivity contribution in [2.45, 2.75) is 39.5 Å². The summed E-state index contributed by atoms with van der Waals surface area (Å²) in [5.74, 6) is 1.48. The Bertz CT molecular complexity index is 1020. The van der Waals surface area contributed by atoms with E-state index in [0.717, 1.165) is 23.4 Å². The third kappa shape index (κ3) is 2.95. The highest BCUT2D eigenvalue weighted by Crippen LogP contribution is 2.47. The summed E-state index contributed by atoms with van der Waals surface area (Å²) in [6.07, 6.45) is 1.21. The Morgan fingerprint density at radius 3 is 2.52 bits per heavy atom. The van der Waals surface area contributed by atoms with Gasteiger partial charge in [0.15, 0.2) is 5.78 Å². The Kier molecular flexibility index (Phi) is 3.94. The molecular formula is C21H23N3O3. The van der Waals surface area contributed by atoms with Crippen molar-refractivity contribution in [3.8, 4) is 5.75 Å². The number of ether oxygens (including phenoxy) is 1. The molecule has 1 aromatic carbocycles. The van der Waals surface area contributed by atoms with Crippen molar-refractivity contribution >= 4 is 11.6 Å². The van der Waals surface area contributed by atoms with Crippen LogP contribution in [0.3, 0.4) is 0 Å². The van der Waals surface area contributed by atoms with Crippen LogP contribution in [0.2, 0.25) is 0 Å². The number of carbonyl (C=O) groups excluding carboxylic acids is 1. The highest BCUT2D eigenvalue weighted by molar-refractivity contribution is 6.01. The van der Waals surface area contributed by atoms with Crippen molar-refractivity contribution in [3.05, 3.63) is 62.8 Å². The zero-order chi connectivity index (χ0) is 19.3. The van der Waals surface area contributed by atoms with Gasteiger partial charge < -0.3 is 15.0 Å². The van der Waals surface area contributed by atoms with Crippen LogP contribution in [0.4, 0.5) is 5.82 Å². The number of methoxy groups -OCH3 is 1. The number of hydrogen-bond donors (Lipinski definition) is 2. The lowest BCUT2D eigenvalue weighted by molar-refractivity contribution is -0.118. The third-order valence-electron chi connectivity index (χ3n) is 5.29. The molecule has 0 radical (unpaired) electrons. The Balaban J connectivity index is 1.96. The van der Waals surface area contributed by atoms with Crippen LogP contribution in [0.5, 0.6) is 5.75 Å². The van der Waals surface area contributed by atoms with Crippen LogP contribution < -0.4 is 15.6 Å². The van der Waals surface area contributed by atoms with Crippen LogP contribution in [-0.2, 0) is 4.79 Å². The van der Waals surface area contributed by atoms with Gasteiger partial charge in [-0.1, -0.05) is 26.0 Å². The van der Waals surface area contributed by atoms with Crippen molar-refractivity contribution < 1.29 is 9.53 Å². The van der Waals surface area contributed by atoms with Crippen LogP contribution in [0.1, 0.15) is 49.6 Å². The number of carbonyl (C=O) groups is 1. The van der Waals surface area contributed by atoms with Gasteiger partial charge in [-0.05, 0) is 36.5 Å². The summed E-state index contributed by atoms with van der Waals surface area (Å²) in [6.45, 7) is 5.93. The second kappa shape index (κ2) is 6.08. The number of hydrogen-bond acceptors (Lipinski definition) is 5. The van der Waals surface area contributed by atoms with Crippen molar-refractivity contribution in [3.63, 3.8) is 0 Å². The van der Waals surface area contributed by atoms with Crippen molar-refractivity contribution in [2.75, 3.05) is 12.4 Å². The smallest absolute Gasteiger partial charge is 0.257 e. The SMILES string of the molecule is COc1ccc([C@@H]2C3=C(CC(C)(C)CC3=O)Nc3nc(C)[nH]c(=O)c32)cc1. The average molecular weight is 365 g/mol. The van der Waals surface area contributed by atoms with E-state index in [0.29, 0.717) is 29.2 Å². The number of Topliss-reactive ketones (excluding diaryl/α,β-unsaturated/α-hetero) is 1. The largest absolute Gasteiger partial charge is 0.497 e. The quantitative estimate of drug-likeness (QED) is 0.853. The number of rotatable bonds is 2. The van der Waals surface area contributed by atoms with Crippen LogP contribution in [0.25, 0.3) is 0 Å². The molecule has 6 nitrogen and oxygen atoms in total. The molecule has 6 heteroatoms. The predicted molar refractivity (Wildman–Crippen MR) is 103 cm³/mol. The molecule has 0 saturated heterocycles. The number of aryl methyl sites for hydroxylation is 1. The van der Waals surface area contributed by atoms with E-state index in [9.17, 15) is 9.59 Å². The van der Waals surface area contributed by atoms with E-state index in [1.54, 1.807) is 14.0 Å². The minimum Gasteiger partial charge on any atom is -0.497 e. The van der Waals surface area contributed by atoms with E-state index in [4.69, 9.17) is 4.74 Å². The minimum absolute atomic E-state index is 0.0835. The molecule has 140 valence electrons. The molecule has 27 heavy (non-hydrogen) atoms. The topological polar surface area (TPSA) is 84.1 Å². The van der Waals surface area contributed by atoms with Gasteiger partial charge in [-0.25, -0.2) is 4.98 Å². The third-order valence-corrected chi connectivity index (χ3v) is 5.29. The Labute approximate surface area is 157 Å². The molecule has 1 aromatic heterocycles. The standard InChI is InChI=1S/C21H23N3O3/c1-11-22-19-18(20(26)23-11)16(12-5-7-13(27-4)8-6-12)17-14(24-19)9-21(2,3)10-15(17)25/h5-8,16H,9-10H2,1-4H3,(H2,22,23,24,26)/t16-/m1/s1. The fraction of sp³-hybridized carbons (Fsp3) is 0.381. The molecule has 1 aliphatic heterocycles. The number of anilines is 1. The molecule has 2 N–H and O–H groups in total. The van der Waals surface area contributed by atoms with Crippen LogP contribution in [0.15, 0.2) is 40.3 Å². The number of ketones is 1. The summed E-state index contributed by atoms with van der Waals surface area (Å²) < 4.78 is 5.25. The zero-order valence-electron chi connectivity index (χ0n) is 16.0. The van der Waals surface area contributed by atoms with E-state index >= 15 is 0 Å². The maximum absolute atomic E-state index is 13.1. The van der Waals surface area contributed by atoms with Gasteiger partial charge in [0.25, 0.3) is 5.56 Å². The molecule has 2 heterocycles. The van der Waals surface area contributed by atoms with Crippen molar-refractivity contribution in [1.29, 1.82) is 0 Å². The van der Waals surface area contributed by atoms with Gasteiger partial charge in [-0.3, -0.25) is 9.59 Å². The van der Waals surface area contributed by atoms with Crippen LogP contribution >= 0.6 is 0 Å². The number of aromatic amines is 1. The predicted octanol–water partition coefficient (Wildman–Crippen LogP) is 3.29. The van der Waals surface area contributed by atoms with E-state index in [1.807, 2.05) is 24.3 Å². The summed E-state index contributed by atoms with van der Waals surface area (Å²) in [5.41, 5.74) is 2.61. The molecule has 2 aromatic rings. The first-order valence-electron chi connectivity index (χ1n) is 9.07. The minimum atomic E-state index is -0.428. The molecule has 1 aliphatic carbocycles. The molecule has 0 spiro atoms. The molecule has 0 unspecified atom stereocenters. The number of benzene rings is 1. The highest BCUT2D eigenvalue weighted by atomic mass is 16.5. The lowest BCUT2D eigenvalue weighted by Gasteiger charge is -2.38. The van der Waals surface area contributed by atoms with E-state index in [2.05, 4.69) is 29.1 Å². The second-order valence-corrected chi connectivity index (χ2v) is 8.08. The van der Waals surface area contributed by atoms with Gasteiger partial charge in [0.05, 0.1) is 12.7 Å². The van der Waals surface area contributed by atoms with Crippen molar-refractivity contribution in [2.24, 2.45) is 5.41 Å². The van der Waals surface area contributed by atoms with Crippen LogP contribution in [0, 0.1) is 12.3 Å². The van der Waals surface area contributed by atoms with Gasteiger partial charge in [-0.15, -0.1) is 0 Å². The molecule has 0 saturated carbocycles. The van der Waals surface area contributed by atoms with Gasteiger partial charge in [0.2, 0.25) is 0 Å². The number of aromatic nitrogens is 2. The highest BCUT2D eigenvalue weighted by Gasteiger charge is 2.42. The van der Waals surface area contributed by atoms with Crippen molar-refractivity contribution in [1.82, 2.24) is 9.97 Å². The summed E-state index contributed by atoms with van der Waals surface area (Å²) in [7, 11) is 1.61. The summed E-state index contributed by atoms with van der Waals surface area (Å²) in [6, 6.07) is 7.53. The van der Waals surface area contributed by atoms with Crippen LogP contribution in [-0.4, -0.2) is 22.9 Å². The first-order valence-corrected chi connectivity index (χ1v) is 9.07. The van der Waals surface area contributed by atoms with Gasteiger partial charge in [-0.2, -0.15) is 0 Å². The Hall–Kier alpha value is -2.89. The maximum Gasteiger partial charge on any atom is 0.257 e. The first kappa shape index (κ1) is 17.5. The monoisotopic (exact) mass is 365 g/mol. The van der Waals surface area contributed by atoms with Gasteiger partial charge in [0.1, 0.15) is 17.4 Å². The van der Waals surface area contributed by atoms with E-state index in [-0.39, 0.29) is 16.8 Å². The summed E-state index contributed by atoms with van der Waals surface area (Å²) in [5, 5.41) is 3.29. The van der Waals surface area contributed by atoms with E-state index < -0.39 is 5.92 Å². The molecule has 1 atom stereocenters. The lowest BCUT2D eigenvalue weighted by Crippen LogP contribution is -2.37. The first-order chi connectivity index (χ1) is 12.8. The summed E-state index contributed by atoms with van der Waals surface area (Å²) in [4.78, 5) is 33.2. The molecule has 2 aliphatic rings. The zero-order valence-corrected chi connectivity index (χ0v) is 16.0. The number of allylic oxidation sites excluding steroid dienone is 2. The normalized spacial score (nSPS) is 20.6. The average Bonchev–Trinajstić information content (AvgIpc) is 2.58. The molecular weight excluding hydrogens is 342 g/mol. The van der Waals surface area contributed by atoms with E-state index in [1.165, 1.54) is 0 Å². The van der Waals surface area contributed by atoms with Gasteiger partial charge in [0, 0.05) is 23.6 Å². The number of fused-ring (bicyclic) bond motifs is 1. The fourth-order valence-electron chi connectivity index (χ4n) is 4.16. The molecule has 0 fully saturated rings. The molecule has 4 rings (SSSR count). The maximum atomic E-state index is 13.1. The fourth-order valence-corrected chi connectivity index (χ4v) is 4.16. The Morgan fingerprint density at radius 2 is 1.85 bits per heavy atom. The number of nitrogens with zero attached hydrogens (tertiary/aromatic N) is 1. The number of H-pyrrole nitrogens is 1. The Morgan fingerprint density at radius 1 is 1.15 bits per heavy atom. The molecule has 0 amide bonds.